The van der Waals surface area contributed by atoms with E-state index in [1.54, 1.807) is 0 Å². The number of amides is 2. The number of imide groups is 1. The third-order valence-corrected chi connectivity index (χ3v) is 4.81. The van der Waals surface area contributed by atoms with Gasteiger partial charge in [-0.15, -0.1) is 0 Å². The molecule has 0 unspecified atom stereocenters. The van der Waals surface area contributed by atoms with E-state index in [-0.39, 0.29) is 18.2 Å². The average Bonchev–Trinajstić information content (AvgIpc) is 3.06. The lowest BCUT2D eigenvalue weighted by Crippen LogP contribution is -2.30. The van der Waals surface area contributed by atoms with Crippen LogP contribution in [0.3, 0.4) is 0 Å². The van der Waals surface area contributed by atoms with Crippen molar-refractivity contribution >= 4 is 28.4 Å². The third-order valence-electron chi connectivity index (χ3n) is 4.81. The van der Waals surface area contributed by atoms with Crippen molar-refractivity contribution < 1.29 is 9.59 Å². The van der Waals surface area contributed by atoms with Gasteiger partial charge in [0.2, 0.25) is 11.8 Å². The van der Waals surface area contributed by atoms with Crippen molar-refractivity contribution in [1.82, 2.24) is 4.57 Å². The molecule has 1 aliphatic heterocycles. The Balaban J connectivity index is 1.80. The zero-order chi connectivity index (χ0) is 16.8. The molecule has 0 N–H and O–H groups in total. The van der Waals surface area contributed by atoms with Crippen LogP contribution in [-0.4, -0.2) is 16.4 Å². The second kappa shape index (κ2) is 5.34. The van der Waals surface area contributed by atoms with Crippen LogP contribution < -0.4 is 4.90 Å². The maximum atomic E-state index is 13.0. The Kier molecular flexibility index (Phi) is 3.27. The van der Waals surface area contributed by atoms with Gasteiger partial charge in [0.25, 0.3) is 0 Å². The molecule has 2 aromatic carbocycles. The molecule has 0 bridgehead atoms. The van der Waals surface area contributed by atoms with E-state index >= 15 is 0 Å². The number of benzene rings is 2. The van der Waals surface area contributed by atoms with Gasteiger partial charge in [-0.1, -0.05) is 36.4 Å². The fraction of sp³-hybridized carbons (Fsp3) is 0.200. The minimum absolute atomic E-state index is 0.132. The van der Waals surface area contributed by atoms with Gasteiger partial charge in [0.05, 0.1) is 11.6 Å². The Bertz CT molecular complexity index is 971. The predicted octanol–water partition coefficient (Wildman–Crippen LogP) is 3.53. The number of aryl methyl sites for hydroxylation is 2. The molecule has 0 saturated carbocycles. The van der Waals surface area contributed by atoms with Gasteiger partial charge in [-0.05, 0) is 30.2 Å². The number of rotatable bonds is 2. The predicted molar refractivity (Wildman–Crippen MR) is 93.9 cm³/mol. The zero-order valence-electron chi connectivity index (χ0n) is 13.7. The van der Waals surface area contributed by atoms with Crippen LogP contribution in [0.1, 0.15) is 23.5 Å². The Morgan fingerprint density at radius 3 is 2.50 bits per heavy atom. The maximum Gasteiger partial charge on any atom is 0.241 e. The molecule has 0 spiro atoms. The molecule has 120 valence electrons. The summed E-state index contributed by atoms with van der Waals surface area (Å²) in [6, 6.07) is 15.5. The van der Waals surface area contributed by atoms with E-state index in [0.717, 1.165) is 22.0 Å². The summed E-state index contributed by atoms with van der Waals surface area (Å²) in [4.78, 5) is 26.9. The van der Waals surface area contributed by atoms with E-state index in [1.807, 2.05) is 73.3 Å². The first-order valence-corrected chi connectivity index (χ1v) is 8.04. The number of anilines is 1. The van der Waals surface area contributed by atoms with Gasteiger partial charge in [-0.25, -0.2) is 4.90 Å². The largest absolute Gasteiger partial charge is 0.350 e. The molecule has 4 nitrogen and oxygen atoms in total. The second-order valence-electron chi connectivity index (χ2n) is 6.32. The topological polar surface area (TPSA) is 42.3 Å². The smallest absolute Gasteiger partial charge is 0.241 e. The number of aromatic nitrogens is 1. The SMILES string of the molecule is Cc1ccccc1N1C(=O)C[C@@H](c2cn(C)c3ccccc23)C1=O. The number of fused-ring (bicyclic) bond motifs is 1. The molecule has 1 saturated heterocycles. The van der Waals surface area contributed by atoms with Crippen LogP contribution >= 0.6 is 0 Å². The number of carbonyl (C=O) groups excluding carboxylic acids is 2. The third kappa shape index (κ3) is 2.07. The summed E-state index contributed by atoms with van der Waals surface area (Å²) in [6.07, 6.45) is 2.20. The number of para-hydroxylation sites is 2. The number of carbonyl (C=O) groups is 2. The highest BCUT2D eigenvalue weighted by Crippen LogP contribution is 2.37. The maximum absolute atomic E-state index is 13.0. The van der Waals surface area contributed by atoms with Crippen LogP contribution in [0, 0.1) is 6.92 Å². The number of hydrogen-bond acceptors (Lipinski definition) is 2. The zero-order valence-corrected chi connectivity index (χ0v) is 13.7. The van der Waals surface area contributed by atoms with E-state index in [9.17, 15) is 9.59 Å². The Morgan fingerprint density at radius 1 is 1.00 bits per heavy atom. The minimum atomic E-state index is -0.414. The van der Waals surface area contributed by atoms with E-state index in [0.29, 0.717) is 5.69 Å². The molecule has 3 aromatic rings. The molecule has 1 aromatic heterocycles. The summed E-state index contributed by atoms with van der Waals surface area (Å²) in [5.41, 5.74) is 3.62. The molecule has 4 heteroatoms. The summed E-state index contributed by atoms with van der Waals surface area (Å²) in [5.74, 6) is -0.680. The second-order valence-corrected chi connectivity index (χ2v) is 6.32. The summed E-state index contributed by atoms with van der Waals surface area (Å²) in [7, 11) is 1.96. The molecular weight excluding hydrogens is 300 g/mol. The molecule has 1 atom stereocenters. The Morgan fingerprint density at radius 2 is 1.71 bits per heavy atom. The summed E-state index contributed by atoms with van der Waals surface area (Å²) in [5, 5.41) is 1.04. The number of nitrogens with zero attached hydrogens (tertiary/aromatic N) is 2. The van der Waals surface area contributed by atoms with Crippen LogP contribution in [-0.2, 0) is 16.6 Å². The fourth-order valence-electron chi connectivity index (χ4n) is 3.59. The Labute approximate surface area is 140 Å². The van der Waals surface area contributed by atoms with E-state index in [2.05, 4.69) is 0 Å². The quantitative estimate of drug-likeness (QED) is 0.678. The highest BCUT2D eigenvalue weighted by molar-refractivity contribution is 6.23. The van der Waals surface area contributed by atoms with Crippen LogP contribution in [0.5, 0.6) is 0 Å². The van der Waals surface area contributed by atoms with E-state index in [1.165, 1.54) is 4.90 Å². The van der Waals surface area contributed by atoms with Crippen molar-refractivity contribution in [3.63, 3.8) is 0 Å². The molecule has 0 aliphatic carbocycles. The molecule has 24 heavy (non-hydrogen) atoms. The van der Waals surface area contributed by atoms with Crippen molar-refractivity contribution in [2.24, 2.45) is 7.05 Å². The number of hydrogen-bond donors (Lipinski definition) is 0. The lowest BCUT2D eigenvalue weighted by Gasteiger charge is -2.17. The first-order chi connectivity index (χ1) is 11.6. The summed E-state index contributed by atoms with van der Waals surface area (Å²) in [6.45, 7) is 1.92. The van der Waals surface area contributed by atoms with Crippen LogP contribution in [0.15, 0.2) is 54.7 Å². The van der Waals surface area contributed by atoms with Gasteiger partial charge in [0.15, 0.2) is 0 Å². The summed E-state index contributed by atoms with van der Waals surface area (Å²) >= 11 is 0. The Hall–Kier alpha value is -2.88. The molecule has 2 heterocycles. The van der Waals surface area contributed by atoms with E-state index in [4.69, 9.17) is 0 Å². The van der Waals surface area contributed by atoms with Crippen molar-refractivity contribution in [3.05, 3.63) is 65.9 Å². The van der Waals surface area contributed by atoms with Crippen LogP contribution in [0.4, 0.5) is 5.69 Å². The monoisotopic (exact) mass is 318 g/mol. The van der Waals surface area contributed by atoms with E-state index < -0.39 is 5.92 Å². The van der Waals surface area contributed by atoms with Gasteiger partial charge in [-0.3, -0.25) is 9.59 Å². The highest BCUT2D eigenvalue weighted by atomic mass is 16.2. The molecule has 0 radical (unpaired) electrons. The highest BCUT2D eigenvalue weighted by Gasteiger charge is 2.41. The van der Waals surface area contributed by atoms with Gasteiger partial charge >= 0.3 is 0 Å². The lowest BCUT2D eigenvalue weighted by atomic mass is 9.97. The van der Waals surface area contributed by atoms with Crippen molar-refractivity contribution in [2.75, 3.05) is 4.90 Å². The molecule has 4 rings (SSSR count). The van der Waals surface area contributed by atoms with Crippen molar-refractivity contribution in [2.45, 2.75) is 19.3 Å². The molecule has 1 fully saturated rings. The van der Waals surface area contributed by atoms with Gasteiger partial charge in [0.1, 0.15) is 0 Å². The van der Waals surface area contributed by atoms with Gasteiger partial charge in [0, 0.05) is 30.6 Å². The van der Waals surface area contributed by atoms with Crippen LogP contribution in [0.2, 0.25) is 0 Å². The first-order valence-electron chi connectivity index (χ1n) is 8.04. The van der Waals surface area contributed by atoms with Crippen molar-refractivity contribution in [3.8, 4) is 0 Å². The van der Waals surface area contributed by atoms with Gasteiger partial charge < -0.3 is 4.57 Å². The molecule has 1 aliphatic rings. The normalized spacial score (nSPS) is 17.9. The fourth-order valence-corrected chi connectivity index (χ4v) is 3.59. The average molecular weight is 318 g/mol. The minimum Gasteiger partial charge on any atom is -0.350 e. The lowest BCUT2D eigenvalue weighted by molar-refractivity contribution is -0.121. The van der Waals surface area contributed by atoms with Gasteiger partial charge in [-0.2, -0.15) is 0 Å². The first kappa shape index (κ1) is 14.7. The molecular formula is C20H18N2O2. The van der Waals surface area contributed by atoms with Crippen LogP contribution in [0.25, 0.3) is 10.9 Å². The summed E-state index contributed by atoms with van der Waals surface area (Å²) < 4.78 is 2.01. The van der Waals surface area contributed by atoms with Crippen molar-refractivity contribution in [1.29, 1.82) is 0 Å². The molecule has 2 amide bonds. The standard InChI is InChI=1S/C20H18N2O2/c1-13-7-3-5-9-17(13)22-19(23)11-15(20(22)24)16-12-21(2)18-10-6-4-8-14(16)18/h3-10,12,15H,11H2,1-2H3/t15-/m0/s1.